The fraction of sp³-hybridized carbons (Fsp3) is 0.0526. The normalized spacial score (nSPS) is 10.8. The minimum absolute atomic E-state index is 0.681. The number of hydrogen-bond donors (Lipinski definition) is 0. The molecule has 0 aromatic carbocycles. The van der Waals surface area contributed by atoms with Crippen LogP contribution < -0.4 is 0 Å². The number of rotatable bonds is 4. The van der Waals surface area contributed by atoms with Crippen LogP contribution in [0.25, 0.3) is 11.1 Å². The number of hydrogen-bond acceptors (Lipinski definition) is 4. The molecule has 0 unspecified atom stereocenters. The highest BCUT2D eigenvalue weighted by molar-refractivity contribution is 6.00. The van der Waals surface area contributed by atoms with Crippen LogP contribution in [0.5, 0.6) is 0 Å². The van der Waals surface area contributed by atoms with Gasteiger partial charge in [0.25, 0.3) is 0 Å². The standard InChI is InChI=1S/C19H14O4/c1-13-11-17(23-12-13)19(16-7-4-10-22-16)18(14-5-2-8-20-14)15-6-3-9-21-15/h2-12H,1H3. The summed E-state index contributed by atoms with van der Waals surface area (Å²) in [6.07, 6.45) is 6.60. The molecule has 0 saturated carbocycles. The van der Waals surface area contributed by atoms with Crippen LogP contribution in [0.15, 0.2) is 85.2 Å². The molecule has 0 spiro atoms. The van der Waals surface area contributed by atoms with Crippen LogP contribution in [-0.4, -0.2) is 0 Å². The second-order valence-electron chi connectivity index (χ2n) is 5.17. The van der Waals surface area contributed by atoms with Gasteiger partial charge in [-0.15, -0.1) is 0 Å². The van der Waals surface area contributed by atoms with E-state index in [-0.39, 0.29) is 0 Å². The van der Waals surface area contributed by atoms with Gasteiger partial charge in [-0.25, -0.2) is 0 Å². The SMILES string of the molecule is Cc1coc(C(=C(c2ccco2)c2ccco2)c2ccco2)c1. The van der Waals surface area contributed by atoms with E-state index in [1.165, 1.54) is 0 Å². The van der Waals surface area contributed by atoms with Crippen molar-refractivity contribution < 1.29 is 17.7 Å². The molecule has 4 rings (SSSR count). The molecule has 4 heterocycles. The Kier molecular flexibility index (Phi) is 3.27. The summed E-state index contributed by atoms with van der Waals surface area (Å²) in [7, 11) is 0. The molecule has 23 heavy (non-hydrogen) atoms. The van der Waals surface area contributed by atoms with E-state index in [1.54, 1.807) is 25.1 Å². The summed E-state index contributed by atoms with van der Waals surface area (Å²) in [5.74, 6) is 2.74. The second kappa shape index (κ2) is 5.57. The van der Waals surface area contributed by atoms with E-state index in [0.29, 0.717) is 23.0 Å². The lowest BCUT2D eigenvalue weighted by Gasteiger charge is -2.08. The minimum Gasteiger partial charge on any atom is -0.464 e. The first-order chi connectivity index (χ1) is 11.3. The van der Waals surface area contributed by atoms with Gasteiger partial charge in [0.05, 0.1) is 36.2 Å². The summed E-state index contributed by atoms with van der Waals surface area (Å²) in [5.41, 5.74) is 2.60. The maximum atomic E-state index is 5.73. The third kappa shape index (κ3) is 2.44. The Morgan fingerprint density at radius 3 is 1.48 bits per heavy atom. The molecule has 0 bridgehead atoms. The van der Waals surface area contributed by atoms with Gasteiger partial charge >= 0.3 is 0 Å². The number of aryl methyl sites for hydroxylation is 1. The van der Waals surface area contributed by atoms with Crippen molar-refractivity contribution in [1.29, 1.82) is 0 Å². The van der Waals surface area contributed by atoms with E-state index >= 15 is 0 Å². The van der Waals surface area contributed by atoms with Gasteiger partial charge in [0.1, 0.15) is 23.0 Å². The van der Waals surface area contributed by atoms with E-state index in [4.69, 9.17) is 17.7 Å². The average molecular weight is 306 g/mol. The lowest BCUT2D eigenvalue weighted by Crippen LogP contribution is -1.93. The van der Waals surface area contributed by atoms with E-state index in [9.17, 15) is 0 Å². The summed E-state index contributed by atoms with van der Waals surface area (Å²) in [4.78, 5) is 0. The van der Waals surface area contributed by atoms with Crippen molar-refractivity contribution >= 4 is 11.1 Å². The van der Waals surface area contributed by atoms with Crippen molar-refractivity contribution in [2.75, 3.05) is 0 Å². The predicted molar refractivity (Wildman–Crippen MR) is 84.6 cm³/mol. The van der Waals surface area contributed by atoms with Crippen LogP contribution in [0, 0.1) is 6.92 Å². The molecule has 0 aliphatic rings. The van der Waals surface area contributed by atoms with Gasteiger partial charge in [-0.3, -0.25) is 0 Å². The lowest BCUT2D eigenvalue weighted by molar-refractivity contribution is 0.519. The van der Waals surface area contributed by atoms with Crippen LogP contribution in [0.3, 0.4) is 0 Å². The highest BCUT2D eigenvalue weighted by atomic mass is 16.4. The van der Waals surface area contributed by atoms with E-state index in [1.807, 2.05) is 49.4 Å². The van der Waals surface area contributed by atoms with Gasteiger partial charge in [0, 0.05) is 0 Å². The molecule has 0 aliphatic heterocycles. The maximum absolute atomic E-state index is 5.73. The van der Waals surface area contributed by atoms with Crippen molar-refractivity contribution in [3.63, 3.8) is 0 Å². The summed E-state index contributed by atoms with van der Waals surface area (Å²) >= 11 is 0. The van der Waals surface area contributed by atoms with Crippen molar-refractivity contribution in [2.45, 2.75) is 6.92 Å². The van der Waals surface area contributed by atoms with E-state index in [2.05, 4.69) is 0 Å². The Labute approximate surface area is 132 Å². The molecule has 0 N–H and O–H groups in total. The van der Waals surface area contributed by atoms with Crippen LogP contribution in [0.2, 0.25) is 0 Å². The Morgan fingerprint density at radius 2 is 1.13 bits per heavy atom. The molecule has 4 aromatic heterocycles. The maximum Gasteiger partial charge on any atom is 0.138 e. The fourth-order valence-electron chi connectivity index (χ4n) is 2.56. The highest BCUT2D eigenvalue weighted by Gasteiger charge is 2.23. The first-order valence-corrected chi connectivity index (χ1v) is 7.24. The molecular formula is C19H14O4. The van der Waals surface area contributed by atoms with Crippen LogP contribution in [0.4, 0.5) is 0 Å². The second-order valence-corrected chi connectivity index (χ2v) is 5.17. The van der Waals surface area contributed by atoms with Crippen molar-refractivity contribution in [3.8, 4) is 0 Å². The van der Waals surface area contributed by atoms with E-state index < -0.39 is 0 Å². The van der Waals surface area contributed by atoms with Crippen molar-refractivity contribution in [2.24, 2.45) is 0 Å². The van der Waals surface area contributed by atoms with Gasteiger partial charge in [-0.1, -0.05) is 0 Å². The summed E-state index contributed by atoms with van der Waals surface area (Å²) in [6, 6.07) is 13.1. The van der Waals surface area contributed by atoms with Gasteiger partial charge in [0.15, 0.2) is 0 Å². The summed E-state index contributed by atoms with van der Waals surface area (Å²) < 4.78 is 22.6. The molecule has 0 aliphatic carbocycles. The quantitative estimate of drug-likeness (QED) is 0.508. The van der Waals surface area contributed by atoms with Crippen molar-refractivity contribution in [1.82, 2.24) is 0 Å². The van der Waals surface area contributed by atoms with Gasteiger partial charge < -0.3 is 17.7 Å². The smallest absolute Gasteiger partial charge is 0.138 e. The first kappa shape index (κ1) is 13.5. The Morgan fingerprint density at radius 1 is 0.652 bits per heavy atom. The Bertz CT molecular complexity index is 868. The molecule has 0 radical (unpaired) electrons. The first-order valence-electron chi connectivity index (χ1n) is 7.24. The van der Waals surface area contributed by atoms with E-state index in [0.717, 1.165) is 16.7 Å². The third-order valence-corrected chi connectivity index (χ3v) is 3.53. The molecule has 4 nitrogen and oxygen atoms in total. The molecule has 114 valence electrons. The zero-order valence-corrected chi connectivity index (χ0v) is 12.5. The molecule has 0 atom stereocenters. The van der Waals surface area contributed by atoms with Crippen LogP contribution in [0.1, 0.15) is 28.6 Å². The Balaban J connectivity index is 2.05. The molecule has 0 fully saturated rings. The van der Waals surface area contributed by atoms with Crippen LogP contribution >= 0.6 is 0 Å². The average Bonchev–Trinajstić information content (AvgIpc) is 3.31. The third-order valence-electron chi connectivity index (χ3n) is 3.53. The zero-order valence-electron chi connectivity index (χ0n) is 12.5. The topological polar surface area (TPSA) is 52.6 Å². The van der Waals surface area contributed by atoms with Gasteiger partial charge in [0.2, 0.25) is 0 Å². The van der Waals surface area contributed by atoms with Gasteiger partial charge in [-0.2, -0.15) is 0 Å². The zero-order chi connectivity index (χ0) is 15.6. The lowest BCUT2D eigenvalue weighted by atomic mass is 9.98. The van der Waals surface area contributed by atoms with Crippen LogP contribution in [-0.2, 0) is 0 Å². The molecule has 0 amide bonds. The molecular weight excluding hydrogens is 292 g/mol. The highest BCUT2D eigenvalue weighted by Crippen LogP contribution is 2.37. The minimum atomic E-state index is 0.681. The molecule has 4 heteroatoms. The summed E-state index contributed by atoms with van der Waals surface area (Å²) in [6.45, 7) is 1.98. The Hall–Kier alpha value is -3.14. The molecule has 0 saturated heterocycles. The van der Waals surface area contributed by atoms with Gasteiger partial charge in [-0.05, 0) is 55.0 Å². The van der Waals surface area contributed by atoms with Crippen molar-refractivity contribution in [3.05, 3.63) is 96.1 Å². The fourth-order valence-corrected chi connectivity index (χ4v) is 2.56. The summed E-state index contributed by atoms with van der Waals surface area (Å²) in [5, 5.41) is 0. The molecule has 4 aromatic rings. The monoisotopic (exact) mass is 306 g/mol. The predicted octanol–water partition coefficient (Wildman–Crippen LogP) is 5.37. The number of furan rings is 4. The largest absolute Gasteiger partial charge is 0.464 e.